The summed E-state index contributed by atoms with van der Waals surface area (Å²) < 4.78 is 1.68. The Balaban J connectivity index is 3.29. The third kappa shape index (κ3) is 1.73. The number of H-pyrrole nitrogens is 1. The highest BCUT2D eigenvalue weighted by atomic mass is 32.1. The van der Waals surface area contributed by atoms with Crippen LogP contribution in [-0.4, -0.2) is 14.7 Å². The quantitative estimate of drug-likeness (QED) is 0.678. The highest BCUT2D eigenvalue weighted by Gasteiger charge is 1.98. The van der Waals surface area contributed by atoms with Crippen LogP contribution >= 0.6 is 12.2 Å². The van der Waals surface area contributed by atoms with Gasteiger partial charge in [0, 0.05) is 6.54 Å². The van der Waals surface area contributed by atoms with Gasteiger partial charge in [-0.05, 0) is 18.6 Å². The summed E-state index contributed by atoms with van der Waals surface area (Å²) in [5, 5.41) is 8.95. The van der Waals surface area contributed by atoms with Gasteiger partial charge in [-0.25, -0.2) is 0 Å². The lowest BCUT2D eigenvalue weighted by Gasteiger charge is -2.02. The third-order valence-electron chi connectivity index (χ3n) is 1.45. The van der Waals surface area contributed by atoms with Gasteiger partial charge in [-0.15, -0.1) is 0 Å². The molecular formula is C7H10N2O2S. The van der Waals surface area contributed by atoms with E-state index in [9.17, 15) is 4.79 Å². The van der Waals surface area contributed by atoms with E-state index in [1.807, 2.05) is 6.92 Å². The van der Waals surface area contributed by atoms with Gasteiger partial charge in [-0.1, -0.05) is 6.92 Å². The van der Waals surface area contributed by atoms with E-state index in [4.69, 9.17) is 17.3 Å². The number of aromatic nitrogens is 2. The van der Waals surface area contributed by atoms with Crippen LogP contribution in [0.3, 0.4) is 0 Å². The van der Waals surface area contributed by atoms with Gasteiger partial charge >= 0.3 is 0 Å². The summed E-state index contributed by atoms with van der Waals surface area (Å²) in [4.78, 5) is 13.7. The van der Waals surface area contributed by atoms with Crippen molar-refractivity contribution < 1.29 is 5.11 Å². The van der Waals surface area contributed by atoms with Crippen molar-refractivity contribution in [1.82, 2.24) is 9.55 Å². The molecule has 0 aromatic carbocycles. The molecule has 5 heteroatoms. The SMILES string of the molecule is CCCn1c(=O)cc(O)[nH]c1=S. The molecule has 4 nitrogen and oxygen atoms in total. The van der Waals surface area contributed by atoms with Crippen LogP contribution in [0.25, 0.3) is 0 Å². The molecule has 12 heavy (non-hydrogen) atoms. The topological polar surface area (TPSA) is 58.0 Å². The van der Waals surface area contributed by atoms with E-state index < -0.39 is 0 Å². The Labute approximate surface area is 74.5 Å². The molecule has 1 rings (SSSR count). The molecule has 0 aliphatic carbocycles. The lowest BCUT2D eigenvalue weighted by molar-refractivity contribution is 0.443. The van der Waals surface area contributed by atoms with Gasteiger partial charge in [0.2, 0.25) is 0 Å². The molecule has 0 amide bonds. The van der Waals surface area contributed by atoms with Crippen molar-refractivity contribution in [3.05, 3.63) is 21.2 Å². The molecule has 1 aromatic rings. The second-order valence-electron chi connectivity index (χ2n) is 2.45. The predicted octanol–water partition coefficient (Wildman–Crippen LogP) is 1.02. The molecule has 0 radical (unpaired) electrons. The van der Waals surface area contributed by atoms with Gasteiger partial charge in [0.15, 0.2) is 10.7 Å². The van der Waals surface area contributed by atoms with Gasteiger partial charge in [0.1, 0.15) is 0 Å². The highest BCUT2D eigenvalue weighted by molar-refractivity contribution is 7.71. The Kier molecular flexibility index (Phi) is 2.65. The monoisotopic (exact) mass is 186 g/mol. The predicted molar refractivity (Wildman–Crippen MR) is 47.8 cm³/mol. The van der Waals surface area contributed by atoms with E-state index in [-0.39, 0.29) is 16.2 Å². The summed E-state index contributed by atoms with van der Waals surface area (Å²) in [7, 11) is 0. The fraction of sp³-hybridized carbons (Fsp3) is 0.429. The Morgan fingerprint density at radius 2 is 2.42 bits per heavy atom. The molecule has 0 bridgehead atoms. The minimum atomic E-state index is -0.266. The maximum atomic E-state index is 11.2. The first kappa shape index (κ1) is 8.99. The van der Waals surface area contributed by atoms with Gasteiger partial charge in [0.25, 0.3) is 5.56 Å². The third-order valence-corrected chi connectivity index (χ3v) is 1.78. The summed E-state index contributed by atoms with van der Waals surface area (Å²) in [5.74, 6) is -0.183. The van der Waals surface area contributed by atoms with Gasteiger partial charge in [-0.2, -0.15) is 0 Å². The van der Waals surface area contributed by atoms with E-state index in [1.165, 1.54) is 4.57 Å². The largest absolute Gasteiger partial charge is 0.494 e. The molecule has 1 aromatic heterocycles. The maximum Gasteiger partial charge on any atom is 0.258 e. The first-order chi connectivity index (χ1) is 5.65. The van der Waals surface area contributed by atoms with Crippen LogP contribution in [0.4, 0.5) is 0 Å². The summed E-state index contributed by atoms with van der Waals surface area (Å²) >= 11 is 4.84. The van der Waals surface area contributed by atoms with E-state index >= 15 is 0 Å². The van der Waals surface area contributed by atoms with E-state index in [0.717, 1.165) is 12.5 Å². The van der Waals surface area contributed by atoms with Crippen LogP contribution in [0.2, 0.25) is 0 Å². The molecule has 0 aliphatic heterocycles. The number of aromatic amines is 1. The lowest BCUT2D eigenvalue weighted by Crippen LogP contribution is -2.20. The molecular weight excluding hydrogens is 176 g/mol. The number of nitrogens with one attached hydrogen (secondary N) is 1. The second kappa shape index (κ2) is 3.53. The molecule has 0 unspecified atom stereocenters. The average molecular weight is 186 g/mol. The van der Waals surface area contributed by atoms with Crippen LogP contribution in [0, 0.1) is 4.77 Å². The Morgan fingerprint density at radius 3 is 2.92 bits per heavy atom. The first-order valence-electron chi connectivity index (χ1n) is 3.68. The van der Waals surface area contributed by atoms with Crippen molar-refractivity contribution in [3.8, 4) is 5.88 Å². The van der Waals surface area contributed by atoms with E-state index in [2.05, 4.69) is 4.98 Å². The minimum Gasteiger partial charge on any atom is -0.494 e. The van der Waals surface area contributed by atoms with E-state index in [0.29, 0.717) is 6.54 Å². The molecule has 0 fully saturated rings. The minimum absolute atomic E-state index is 0.183. The number of nitrogens with zero attached hydrogens (tertiary/aromatic N) is 1. The number of aromatic hydroxyl groups is 1. The molecule has 66 valence electrons. The number of rotatable bonds is 2. The highest BCUT2D eigenvalue weighted by Crippen LogP contribution is 1.97. The zero-order valence-corrected chi connectivity index (χ0v) is 7.52. The molecule has 0 saturated heterocycles. The van der Waals surface area contributed by atoms with E-state index in [1.54, 1.807) is 0 Å². The zero-order chi connectivity index (χ0) is 9.14. The standard InChI is InChI=1S/C7H10N2O2S/c1-2-3-9-6(11)4-5(10)8-7(9)12/h4,10H,2-3H2,1H3,(H,8,12). The first-order valence-corrected chi connectivity index (χ1v) is 4.09. The van der Waals surface area contributed by atoms with Crippen LogP contribution in [0.5, 0.6) is 5.88 Å². The molecule has 0 saturated carbocycles. The molecule has 2 N–H and O–H groups in total. The second-order valence-corrected chi connectivity index (χ2v) is 2.84. The fourth-order valence-electron chi connectivity index (χ4n) is 0.943. The van der Waals surface area contributed by atoms with Crippen molar-refractivity contribution in [2.24, 2.45) is 0 Å². The van der Waals surface area contributed by atoms with Gasteiger partial charge in [0.05, 0.1) is 6.07 Å². The van der Waals surface area contributed by atoms with Crippen molar-refractivity contribution in [2.75, 3.05) is 0 Å². The Bertz CT molecular complexity index is 348. The van der Waals surface area contributed by atoms with Crippen molar-refractivity contribution in [1.29, 1.82) is 0 Å². The molecule has 0 atom stereocenters. The Morgan fingerprint density at radius 1 is 1.75 bits per heavy atom. The number of hydrogen-bond donors (Lipinski definition) is 2. The average Bonchev–Trinajstić information content (AvgIpc) is 1.96. The molecule has 0 spiro atoms. The van der Waals surface area contributed by atoms with Crippen LogP contribution in [0.15, 0.2) is 10.9 Å². The van der Waals surface area contributed by atoms with Gasteiger partial charge < -0.3 is 10.1 Å². The van der Waals surface area contributed by atoms with Crippen molar-refractivity contribution >= 4 is 12.2 Å². The molecule has 0 aliphatic rings. The maximum absolute atomic E-state index is 11.2. The summed E-state index contributed by atoms with van der Waals surface area (Å²) in [6.07, 6.45) is 0.835. The number of hydrogen-bond acceptors (Lipinski definition) is 3. The summed E-state index contributed by atoms with van der Waals surface area (Å²) in [6.45, 7) is 2.53. The summed E-state index contributed by atoms with van der Waals surface area (Å²) in [6, 6.07) is 1.12. The molecule has 1 heterocycles. The van der Waals surface area contributed by atoms with Gasteiger partial charge in [-0.3, -0.25) is 9.36 Å². The van der Waals surface area contributed by atoms with Crippen LogP contribution in [0.1, 0.15) is 13.3 Å². The zero-order valence-electron chi connectivity index (χ0n) is 6.70. The van der Waals surface area contributed by atoms with Crippen LogP contribution < -0.4 is 5.56 Å². The summed E-state index contributed by atoms with van der Waals surface area (Å²) in [5.41, 5.74) is -0.266. The van der Waals surface area contributed by atoms with Crippen LogP contribution in [-0.2, 0) is 6.54 Å². The van der Waals surface area contributed by atoms with Crippen molar-refractivity contribution in [3.63, 3.8) is 0 Å². The fourth-order valence-corrected chi connectivity index (χ4v) is 1.23. The normalized spacial score (nSPS) is 10.1. The smallest absolute Gasteiger partial charge is 0.258 e. The lowest BCUT2D eigenvalue weighted by atomic mass is 10.4. The van der Waals surface area contributed by atoms with Crippen molar-refractivity contribution in [2.45, 2.75) is 19.9 Å². The Hall–Kier alpha value is -1.10.